The summed E-state index contributed by atoms with van der Waals surface area (Å²) in [5.41, 5.74) is 1.23. The van der Waals surface area contributed by atoms with Crippen molar-refractivity contribution in [2.75, 3.05) is 45.0 Å². The molecule has 2 fully saturated rings. The summed E-state index contributed by atoms with van der Waals surface area (Å²) >= 11 is 1.01. The number of rotatable bonds is 13. The first-order valence-electron chi connectivity index (χ1n) is 16.6. The van der Waals surface area contributed by atoms with Gasteiger partial charge in [-0.1, -0.05) is 42.1 Å². The molecule has 5 rings (SSSR count). The summed E-state index contributed by atoms with van der Waals surface area (Å²) < 4.78 is 37.8. The fraction of sp³-hybridized carbons (Fsp3) is 0.353. The Morgan fingerprint density at radius 3 is 1.91 bits per heavy atom. The van der Waals surface area contributed by atoms with Gasteiger partial charge in [0.15, 0.2) is 0 Å². The topological polar surface area (TPSA) is 229 Å². The minimum absolute atomic E-state index is 0.0271. The maximum Gasteiger partial charge on any atom is 0.410 e. The molecule has 2 atom stereocenters. The molecule has 0 aliphatic carbocycles. The van der Waals surface area contributed by atoms with Crippen LogP contribution in [0.3, 0.4) is 0 Å². The normalized spacial score (nSPS) is 17.4. The number of amides is 3. The predicted octanol–water partition coefficient (Wildman–Crippen LogP) is 3.56. The highest BCUT2D eigenvalue weighted by Gasteiger charge is 2.44. The zero-order valence-corrected chi connectivity index (χ0v) is 30.3. The Bertz CT molecular complexity index is 1960. The van der Waals surface area contributed by atoms with Crippen LogP contribution in [0.15, 0.2) is 78.9 Å². The summed E-state index contributed by atoms with van der Waals surface area (Å²) in [6.07, 6.45) is -1.52. The lowest BCUT2D eigenvalue weighted by Gasteiger charge is -2.36. The Kier molecular flexibility index (Phi) is 13.2. The first kappa shape index (κ1) is 39.6. The molecule has 18 nitrogen and oxygen atoms in total. The number of piperazine rings is 1. The van der Waals surface area contributed by atoms with Gasteiger partial charge in [0.05, 0.1) is 15.6 Å². The van der Waals surface area contributed by atoms with Crippen molar-refractivity contribution < 1.29 is 46.9 Å². The molecule has 2 aliphatic rings. The first-order chi connectivity index (χ1) is 25.8. The number of nitro benzene ring substituents is 2. The molecule has 20 heteroatoms. The van der Waals surface area contributed by atoms with E-state index < -0.39 is 55.0 Å². The van der Waals surface area contributed by atoms with Crippen LogP contribution in [0.2, 0.25) is 0 Å². The Balaban J connectivity index is 1.13. The van der Waals surface area contributed by atoms with Crippen LogP contribution < -0.4 is 5.32 Å². The highest BCUT2D eigenvalue weighted by atomic mass is 32.2. The van der Waals surface area contributed by atoms with Gasteiger partial charge in [-0.05, 0) is 41.8 Å². The lowest BCUT2D eigenvalue weighted by molar-refractivity contribution is -0.385. The highest BCUT2D eigenvalue weighted by Crippen LogP contribution is 2.32. The molecule has 2 saturated heterocycles. The summed E-state index contributed by atoms with van der Waals surface area (Å²) in [4.78, 5) is 75.7. The zero-order chi connectivity index (χ0) is 38.8. The molecule has 0 aromatic heterocycles. The van der Waals surface area contributed by atoms with Gasteiger partial charge in [0.1, 0.15) is 19.3 Å². The lowest BCUT2D eigenvalue weighted by Crippen LogP contribution is -2.55. The Hall–Kier alpha value is -5.60. The molecule has 0 bridgehead atoms. The molecular weight excluding hydrogens is 749 g/mol. The molecule has 1 N–H and O–H groups in total. The van der Waals surface area contributed by atoms with Crippen LogP contribution in [-0.2, 0) is 37.5 Å². The molecule has 3 amide bonds. The van der Waals surface area contributed by atoms with E-state index in [1.165, 1.54) is 62.6 Å². The average Bonchev–Trinajstić information content (AvgIpc) is 3.60. The van der Waals surface area contributed by atoms with E-state index in [4.69, 9.17) is 9.47 Å². The van der Waals surface area contributed by atoms with Crippen molar-refractivity contribution in [1.29, 1.82) is 0 Å². The quantitative estimate of drug-likeness (QED) is 0.193. The predicted molar refractivity (Wildman–Crippen MR) is 194 cm³/mol. The van der Waals surface area contributed by atoms with Gasteiger partial charge < -0.3 is 19.7 Å². The maximum atomic E-state index is 13.9. The van der Waals surface area contributed by atoms with Crippen LogP contribution in [0, 0.1) is 20.2 Å². The number of likely N-dealkylation sites (tertiary alicyclic amines) is 1. The molecule has 0 radical (unpaired) electrons. The number of ether oxygens (including phenoxy) is 2. The van der Waals surface area contributed by atoms with Crippen LogP contribution in [0.1, 0.15) is 27.9 Å². The number of nitrogens with zero attached hydrogens (tertiary/aromatic N) is 5. The van der Waals surface area contributed by atoms with Gasteiger partial charge >= 0.3 is 12.2 Å². The van der Waals surface area contributed by atoms with Crippen LogP contribution in [0.5, 0.6) is 0 Å². The number of nitro groups is 2. The van der Waals surface area contributed by atoms with Gasteiger partial charge in [0.25, 0.3) is 11.4 Å². The molecule has 2 aliphatic heterocycles. The lowest BCUT2D eigenvalue weighted by atomic mass is 10.1. The number of carbonyl (C=O) groups is 4. The third-order valence-corrected chi connectivity index (χ3v) is 11.7. The van der Waals surface area contributed by atoms with Crippen LogP contribution >= 0.6 is 11.8 Å². The number of hydrogen-bond donors (Lipinski definition) is 1. The summed E-state index contributed by atoms with van der Waals surface area (Å²) in [5, 5.41) is 23.5. The third kappa shape index (κ3) is 10.5. The van der Waals surface area contributed by atoms with Gasteiger partial charge in [-0.15, -0.1) is 0 Å². The van der Waals surface area contributed by atoms with E-state index in [0.717, 1.165) is 11.8 Å². The summed E-state index contributed by atoms with van der Waals surface area (Å²) in [7, 11) is -3.84. The van der Waals surface area contributed by atoms with E-state index in [1.54, 1.807) is 30.3 Å². The van der Waals surface area contributed by atoms with Crippen molar-refractivity contribution in [3.05, 3.63) is 116 Å². The van der Waals surface area contributed by atoms with Gasteiger partial charge in [0.2, 0.25) is 21.0 Å². The van der Waals surface area contributed by atoms with Crippen LogP contribution in [-0.4, -0.2) is 112 Å². The number of alkyl carbamates (subject to hydrolysis) is 1. The monoisotopic (exact) mass is 784 g/mol. The van der Waals surface area contributed by atoms with Crippen molar-refractivity contribution in [3.8, 4) is 0 Å². The second-order valence-corrected chi connectivity index (χ2v) is 15.6. The molecule has 54 heavy (non-hydrogen) atoms. The van der Waals surface area contributed by atoms with Crippen molar-refractivity contribution in [2.24, 2.45) is 0 Å². The molecule has 0 unspecified atom stereocenters. The SMILES string of the molecule is O=C(NCCS(=O)(=O)N1CCN(C(=O)[C@@H]2C[C@H](SC(=O)c3ccccc3)CN2C(=O)OCc2ccc([N+](=O)[O-])cc2)CC1)OCc1ccc([N+](=O)[O-])cc1. The molecule has 286 valence electrons. The fourth-order valence-corrected chi connectivity index (χ4v) is 8.20. The standard InChI is InChI=1S/C34H36N6O12S2/c41-31(36-15-17-37(18-16-36)54(49,50)19-14-35-33(43)51-22-24-6-10-27(11-7-24)39(45)46)30-20-29(53-32(42)26-4-2-1-3-5-26)21-38(30)34(44)52-23-25-8-12-28(13-9-25)40(47)48/h1-13,29-30H,14-23H2,(H,35,43)/t29-,30-/m0/s1. The molecule has 3 aromatic carbocycles. The number of thioether (sulfide) groups is 1. The van der Waals surface area contributed by atoms with Gasteiger partial charge in [0, 0.05) is 74.3 Å². The minimum atomic E-state index is -3.84. The number of nitrogens with one attached hydrogen (secondary N) is 1. The first-order valence-corrected chi connectivity index (χ1v) is 19.1. The maximum absolute atomic E-state index is 13.9. The molecular formula is C34H36N6O12S2. The van der Waals surface area contributed by atoms with Crippen molar-refractivity contribution in [2.45, 2.75) is 30.9 Å². The number of hydrogen-bond acceptors (Lipinski definition) is 13. The van der Waals surface area contributed by atoms with Gasteiger partial charge in [-0.2, -0.15) is 4.31 Å². The summed E-state index contributed by atoms with van der Waals surface area (Å²) in [5.74, 6) is -0.856. The number of carbonyl (C=O) groups excluding carboxylic acids is 4. The van der Waals surface area contributed by atoms with Crippen molar-refractivity contribution >= 4 is 56.4 Å². The van der Waals surface area contributed by atoms with Crippen molar-refractivity contribution in [1.82, 2.24) is 19.4 Å². The van der Waals surface area contributed by atoms with E-state index in [1.807, 2.05) is 0 Å². The number of non-ortho nitro benzene ring substituents is 2. The highest BCUT2D eigenvalue weighted by molar-refractivity contribution is 8.14. The number of sulfonamides is 1. The van der Waals surface area contributed by atoms with E-state index >= 15 is 0 Å². The largest absolute Gasteiger partial charge is 0.445 e. The number of benzene rings is 3. The van der Waals surface area contributed by atoms with Crippen LogP contribution in [0.4, 0.5) is 21.0 Å². The van der Waals surface area contributed by atoms with Crippen molar-refractivity contribution in [3.63, 3.8) is 0 Å². The van der Waals surface area contributed by atoms with Gasteiger partial charge in [-0.25, -0.2) is 18.0 Å². The van der Waals surface area contributed by atoms with E-state index in [9.17, 15) is 47.8 Å². The molecule has 2 heterocycles. The average molecular weight is 785 g/mol. The van der Waals surface area contributed by atoms with E-state index in [-0.39, 0.29) is 75.4 Å². The van der Waals surface area contributed by atoms with Crippen LogP contribution in [0.25, 0.3) is 0 Å². The second-order valence-electron chi connectivity index (χ2n) is 12.2. The van der Waals surface area contributed by atoms with Gasteiger partial charge in [-0.3, -0.25) is 34.7 Å². The smallest absolute Gasteiger partial charge is 0.410 e. The fourth-order valence-electron chi connectivity index (χ4n) is 5.78. The van der Waals surface area contributed by atoms with E-state index in [2.05, 4.69) is 5.32 Å². The summed E-state index contributed by atoms with van der Waals surface area (Å²) in [6.45, 7) is -0.585. The Morgan fingerprint density at radius 2 is 1.35 bits per heavy atom. The molecule has 0 saturated carbocycles. The Morgan fingerprint density at radius 1 is 0.796 bits per heavy atom. The minimum Gasteiger partial charge on any atom is -0.445 e. The summed E-state index contributed by atoms with van der Waals surface area (Å²) in [6, 6.07) is 18.5. The van der Waals surface area contributed by atoms with E-state index in [0.29, 0.717) is 16.7 Å². The second kappa shape index (κ2) is 18.0. The Labute approximate surface area is 313 Å². The third-order valence-electron chi connectivity index (χ3n) is 8.67. The molecule has 3 aromatic rings. The molecule has 0 spiro atoms. The zero-order valence-electron chi connectivity index (χ0n) is 28.7.